The van der Waals surface area contributed by atoms with Crippen LogP contribution in [0.2, 0.25) is 0 Å². The highest BCUT2D eigenvalue weighted by molar-refractivity contribution is 7.80. The first-order valence-corrected chi connectivity index (χ1v) is 7.59. The minimum Gasteiger partial charge on any atom is -0.389 e. The van der Waals surface area contributed by atoms with Crippen LogP contribution in [0.25, 0.3) is 0 Å². The Bertz CT molecular complexity index is 696. The SMILES string of the molecule is Cc1cc(C(N)=S)cc(N2CC(C)Cc3ccccc32)n1. The third-order valence-corrected chi connectivity index (χ3v) is 4.08. The maximum absolute atomic E-state index is 5.79. The highest BCUT2D eigenvalue weighted by Crippen LogP contribution is 2.34. The summed E-state index contributed by atoms with van der Waals surface area (Å²) in [7, 11) is 0. The Hall–Kier alpha value is -1.94. The molecular formula is C17H19N3S. The first kappa shape index (κ1) is 14.0. The van der Waals surface area contributed by atoms with Crippen LogP contribution in [-0.2, 0) is 6.42 Å². The minimum atomic E-state index is 0.417. The smallest absolute Gasteiger partial charge is 0.133 e. The largest absolute Gasteiger partial charge is 0.389 e. The fraction of sp³-hybridized carbons (Fsp3) is 0.294. The lowest BCUT2D eigenvalue weighted by Gasteiger charge is -2.34. The maximum Gasteiger partial charge on any atom is 0.133 e. The first-order valence-electron chi connectivity index (χ1n) is 7.18. The fourth-order valence-electron chi connectivity index (χ4n) is 2.95. The molecule has 1 aromatic carbocycles. The monoisotopic (exact) mass is 297 g/mol. The van der Waals surface area contributed by atoms with Crippen molar-refractivity contribution in [2.75, 3.05) is 11.4 Å². The van der Waals surface area contributed by atoms with Gasteiger partial charge < -0.3 is 10.6 Å². The standard InChI is InChI=1S/C17H19N3S/c1-11-7-13-5-3-4-6-15(13)20(10-11)16-9-14(17(18)21)8-12(2)19-16/h3-6,8-9,11H,7,10H2,1-2H3,(H2,18,21). The predicted octanol–water partition coefficient (Wildman–Crippen LogP) is 3.35. The second-order valence-electron chi connectivity index (χ2n) is 5.77. The molecule has 4 heteroatoms. The summed E-state index contributed by atoms with van der Waals surface area (Å²) in [6.45, 7) is 5.21. The first-order chi connectivity index (χ1) is 10.0. The summed E-state index contributed by atoms with van der Waals surface area (Å²) in [6.07, 6.45) is 1.11. The number of aryl methyl sites for hydroxylation is 1. The minimum absolute atomic E-state index is 0.417. The molecule has 0 spiro atoms. The van der Waals surface area contributed by atoms with E-state index in [1.54, 1.807) is 0 Å². The highest BCUT2D eigenvalue weighted by atomic mass is 32.1. The molecule has 108 valence electrons. The summed E-state index contributed by atoms with van der Waals surface area (Å²) >= 11 is 5.12. The van der Waals surface area contributed by atoms with Gasteiger partial charge in [0, 0.05) is 23.5 Å². The van der Waals surface area contributed by atoms with Gasteiger partial charge in [0.25, 0.3) is 0 Å². The Morgan fingerprint density at radius 2 is 2.10 bits per heavy atom. The highest BCUT2D eigenvalue weighted by Gasteiger charge is 2.23. The molecule has 2 heterocycles. The van der Waals surface area contributed by atoms with E-state index in [0.29, 0.717) is 10.9 Å². The zero-order chi connectivity index (χ0) is 15.0. The number of nitrogens with zero attached hydrogens (tertiary/aromatic N) is 2. The summed E-state index contributed by atoms with van der Waals surface area (Å²) in [5, 5.41) is 0. The van der Waals surface area contributed by atoms with Crippen molar-refractivity contribution in [2.45, 2.75) is 20.3 Å². The summed E-state index contributed by atoms with van der Waals surface area (Å²) in [5.74, 6) is 1.52. The van der Waals surface area contributed by atoms with Gasteiger partial charge in [0.05, 0.1) is 0 Å². The van der Waals surface area contributed by atoms with Crippen LogP contribution >= 0.6 is 12.2 Å². The van der Waals surface area contributed by atoms with Gasteiger partial charge in [-0.1, -0.05) is 37.3 Å². The van der Waals surface area contributed by atoms with E-state index < -0.39 is 0 Å². The molecule has 1 aromatic heterocycles. The second-order valence-corrected chi connectivity index (χ2v) is 6.21. The van der Waals surface area contributed by atoms with E-state index in [4.69, 9.17) is 18.0 Å². The molecule has 0 bridgehead atoms. The lowest BCUT2D eigenvalue weighted by atomic mass is 9.94. The molecule has 0 saturated heterocycles. The van der Waals surface area contributed by atoms with Gasteiger partial charge in [0.2, 0.25) is 0 Å². The van der Waals surface area contributed by atoms with Gasteiger partial charge in [-0.2, -0.15) is 0 Å². The zero-order valence-electron chi connectivity index (χ0n) is 12.3. The number of nitrogens with two attached hydrogens (primary N) is 1. The van der Waals surface area contributed by atoms with Crippen LogP contribution in [0.1, 0.15) is 23.7 Å². The number of pyridine rings is 1. The third kappa shape index (κ3) is 2.76. The van der Waals surface area contributed by atoms with E-state index in [1.807, 2.05) is 19.1 Å². The Morgan fingerprint density at radius 3 is 2.86 bits per heavy atom. The van der Waals surface area contributed by atoms with Crippen molar-refractivity contribution in [3.63, 3.8) is 0 Å². The quantitative estimate of drug-likeness (QED) is 0.863. The second kappa shape index (κ2) is 5.45. The molecule has 1 aliphatic heterocycles. The van der Waals surface area contributed by atoms with Crippen molar-refractivity contribution in [2.24, 2.45) is 11.7 Å². The van der Waals surface area contributed by atoms with Crippen molar-refractivity contribution in [1.29, 1.82) is 0 Å². The van der Waals surface area contributed by atoms with Crippen molar-refractivity contribution in [1.82, 2.24) is 4.98 Å². The molecule has 21 heavy (non-hydrogen) atoms. The van der Waals surface area contributed by atoms with Gasteiger partial charge in [0.1, 0.15) is 10.8 Å². The van der Waals surface area contributed by atoms with Gasteiger partial charge in [-0.05, 0) is 43.0 Å². The molecule has 1 unspecified atom stereocenters. The summed E-state index contributed by atoms with van der Waals surface area (Å²) in [6, 6.07) is 12.5. The van der Waals surface area contributed by atoms with Crippen LogP contribution in [-0.4, -0.2) is 16.5 Å². The molecule has 0 amide bonds. The molecule has 1 aliphatic rings. The Labute approximate surface area is 130 Å². The van der Waals surface area contributed by atoms with Gasteiger partial charge >= 0.3 is 0 Å². The Balaban J connectivity index is 2.10. The van der Waals surface area contributed by atoms with Gasteiger partial charge in [-0.25, -0.2) is 4.98 Å². The van der Waals surface area contributed by atoms with Gasteiger partial charge in [-0.15, -0.1) is 0 Å². The Kier molecular flexibility index (Phi) is 3.64. The summed E-state index contributed by atoms with van der Waals surface area (Å²) in [4.78, 5) is 7.38. The third-order valence-electron chi connectivity index (χ3n) is 3.85. The number of hydrogen-bond donors (Lipinski definition) is 1. The molecule has 0 radical (unpaired) electrons. The van der Waals surface area contributed by atoms with Crippen molar-refractivity contribution >= 4 is 28.7 Å². The van der Waals surface area contributed by atoms with E-state index in [9.17, 15) is 0 Å². The molecule has 0 saturated carbocycles. The number of thiocarbonyl (C=S) groups is 1. The summed E-state index contributed by atoms with van der Waals surface area (Å²) in [5.41, 5.74) is 10.2. The van der Waals surface area contributed by atoms with E-state index in [0.717, 1.165) is 30.0 Å². The van der Waals surface area contributed by atoms with Crippen molar-refractivity contribution in [3.8, 4) is 0 Å². The van der Waals surface area contributed by atoms with Crippen molar-refractivity contribution in [3.05, 3.63) is 53.2 Å². The lowest BCUT2D eigenvalue weighted by molar-refractivity contribution is 0.560. The number of aromatic nitrogens is 1. The van der Waals surface area contributed by atoms with Crippen LogP contribution in [0.4, 0.5) is 11.5 Å². The maximum atomic E-state index is 5.79. The predicted molar refractivity (Wildman–Crippen MR) is 91.2 cm³/mol. The average molecular weight is 297 g/mol. The van der Waals surface area contributed by atoms with Crippen LogP contribution in [0.15, 0.2) is 36.4 Å². The molecule has 2 N–H and O–H groups in total. The van der Waals surface area contributed by atoms with E-state index in [2.05, 4.69) is 41.1 Å². The molecule has 3 rings (SSSR count). The molecule has 0 fully saturated rings. The van der Waals surface area contributed by atoms with Gasteiger partial charge in [0.15, 0.2) is 0 Å². The van der Waals surface area contributed by atoms with Crippen LogP contribution < -0.4 is 10.6 Å². The normalized spacial score (nSPS) is 17.4. The fourth-order valence-corrected chi connectivity index (χ4v) is 3.06. The number of rotatable bonds is 2. The van der Waals surface area contributed by atoms with Crippen LogP contribution in [0.3, 0.4) is 0 Å². The number of fused-ring (bicyclic) bond motifs is 1. The lowest BCUT2D eigenvalue weighted by Crippen LogP contribution is -2.31. The number of benzene rings is 1. The molecule has 2 aromatic rings. The number of anilines is 2. The Morgan fingerprint density at radius 1 is 1.33 bits per heavy atom. The van der Waals surface area contributed by atoms with Gasteiger partial charge in [-0.3, -0.25) is 0 Å². The van der Waals surface area contributed by atoms with Crippen LogP contribution in [0, 0.1) is 12.8 Å². The molecule has 0 aliphatic carbocycles. The van der Waals surface area contributed by atoms with Crippen molar-refractivity contribution < 1.29 is 0 Å². The number of hydrogen-bond acceptors (Lipinski definition) is 3. The van der Waals surface area contributed by atoms with E-state index in [-0.39, 0.29) is 0 Å². The molecule has 1 atom stereocenters. The van der Waals surface area contributed by atoms with E-state index in [1.165, 1.54) is 11.3 Å². The number of para-hydroxylation sites is 1. The summed E-state index contributed by atoms with van der Waals surface area (Å²) < 4.78 is 0. The van der Waals surface area contributed by atoms with Crippen LogP contribution in [0.5, 0.6) is 0 Å². The molecule has 3 nitrogen and oxygen atoms in total. The zero-order valence-corrected chi connectivity index (χ0v) is 13.2. The van der Waals surface area contributed by atoms with E-state index >= 15 is 0 Å². The molecular weight excluding hydrogens is 278 g/mol. The average Bonchev–Trinajstić information content (AvgIpc) is 2.45. The topological polar surface area (TPSA) is 42.1 Å².